The molecule has 2 aromatic carbocycles. The zero-order valence-corrected chi connectivity index (χ0v) is 11.7. The lowest BCUT2D eigenvalue weighted by atomic mass is 9.98. The molecular formula is C17H20N2O. The molecule has 3 rings (SSSR count). The molecule has 3 nitrogen and oxygen atoms in total. The van der Waals surface area contributed by atoms with Crippen LogP contribution < -0.4 is 15.6 Å². The minimum Gasteiger partial charge on any atom is -0.494 e. The lowest BCUT2D eigenvalue weighted by molar-refractivity contribution is 0.340. The van der Waals surface area contributed by atoms with Gasteiger partial charge >= 0.3 is 0 Å². The van der Waals surface area contributed by atoms with Crippen LogP contribution in [0.2, 0.25) is 0 Å². The summed E-state index contributed by atoms with van der Waals surface area (Å²) in [5.74, 6) is 0.932. The number of benzene rings is 2. The first-order chi connectivity index (χ1) is 9.86. The summed E-state index contributed by atoms with van der Waals surface area (Å²) in [5, 5.41) is 0. The van der Waals surface area contributed by atoms with E-state index in [4.69, 9.17) is 4.74 Å². The molecule has 0 bridgehead atoms. The Morgan fingerprint density at radius 2 is 1.50 bits per heavy atom. The monoisotopic (exact) mass is 268 g/mol. The van der Waals surface area contributed by atoms with Crippen LogP contribution >= 0.6 is 0 Å². The Morgan fingerprint density at radius 1 is 0.900 bits per heavy atom. The Bertz CT molecular complexity index is 539. The van der Waals surface area contributed by atoms with E-state index in [1.165, 1.54) is 11.1 Å². The SMILES string of the molecule is CCOc1ccc(C2CC(c3ccccc3)NN2)cc1. The fraction of sp³-hybridized carbons (Fsp3) is 0.294. The average molecular weight is 268 g/mol. The maximum Gasteiger partial charge on any atom is 0.119 e. The van der Waals surface area contributed by atoms with Crippen LogP contribution in [0.4, 0.5) is 0 Å². The number of rotatable bonds is 4. The van der Waals surface area contributed by atoms with Crippen LogP contribution in [0, 0.1) is 0 Å². The summed E-state index contributed by atoms with van der Waals surface area (Å²) in [6.07, 6.45) is 1.05. The molecule has 0 spiro atoms. The van der Waals surface area contributed by atoms with Gasteiger partial charge < -0.3 is 4.74 Å². The van der Waals surface area contributed by atoms with Gasteiger partial charge in [-0.2, -0.15) is 0 Å². The number of hydrogen-bond acceptors (Lipinski definition) is 3. The molecule has 0 amide bonds. The zero-order chi connectivity index (χ0) is 13.8. The van der Waals surface area contributed by atoms with Crippen molar-refractivity contribution >= 4 is 0 Å². The lowest BCUT2D eigenvalue weighted by Gasteiger charge is -2.11. The van der Waals surface area contributed by atoms with E-state index >= 15 is 0 Å². The van der Waals surface area contributed by atoms with Crippen molar-refractivity contribution < 1.29 is 4.74 Å². The van der Waals surface area contributed by atoms with Gasteiger partial charge in [-0.3, -0.25) is 0 Å². The third-order valence-corrected chi connectivity index (χ3v) is 3.70. The van der Waals surface area contributed by atoms with Crippen molar-refractivity contribution in [3.63, 3.8) is 0 Å². The van der Waals surface area contributed by atoms with Crippen molar-refractivity contribution in [2.75, 3.05) is 6.61 Å². The second kappa shape index (κ2) is 6.07. The number of ether oxygens (including phenoxy) is 1. The Kier molecular flexibility index (Phi) is 4.00. The Morgan fingerprint density at radius 3 is 2.10 bits per heavy atom. The molecule has 3 heteroatoms. The summed E-state index contributed by atoms with van der Waals surface area (Å²) in [6, 6.07) is 19.6. The van der Waals surface area contributed by atoms with Crippen LogP contribution in [-0.4, -0.2) is 6.61 Å². The molecule has 104 valence electrons. The highest BCUT2D eigenvalue weighted by Gasteiger charge is 2.25. The summed E-state index contributed by atoms with van der Waals surface area (Å²) in [7, 11) is 0. The van der Waals surface area contributed by atoms with Crippen LogP contribution in [0.5, 0.6) is 5.75 Å². The molecule has 0 saturated carbocycles. The molecule has 0 radical (unpaired) electrons. The molecule has 2 atom stereocenters. The smallest absolute Gasteiger partial charge is 0.119 e. The van der Waals surface area contributed by atoms with Crippen molar-refractivity contribution in [1.82, 2.24) is 10.9 Å². The summed E-state index contributed by atoms with van der Waals surface area (Å²) >= 11 is 0. The second-order valence-corrected chi connectivity index (χ2v) is 5.04. The van der Waals surface area contributed by atoms with Crippen molar-refractivity contribution in [3.05, 3.63) is 65.7 Å². The molecule has 0 aromatic heterocycles. The molecular weight excluding hydrogens is 248 g/mol. The van der Waals surface area contributed by atoms with E-state index in [2.05, 4.69) is 53.3 Å². The van der Waals surface area contributed by atoms with Crippen molar-refractivity contribution in [2.24, 2.45) is 0 Å². The van der Waals surface area contributed by atoms with E-state index in [1.807, 2.05) is 19.1 Å². The van der Waals surface area contributed by atoms with Gasteiger partial charge in [0, 0.05) is 12.1 Å². The first-order valence-electron chi connectivity index (χ1n) is 7.15. The van der Waals surface area contributed by atoms with Gasteiger partial charge in [0.1, 0.15) is 5.75 Å². The zero-order valence-electron chi connectivity index (χ0n) is 11.7. The van der Waals surface area contributed by atoms with Gasteiger partial charge in [0.15, 0.2) is 0 Å². The third kappa shape index (κ3) is 2.84. The highest BCUT2D eigenvalue weighted by molar-refractivity contribution is 5.30. The van der Waals surface area contributed by atoms with E-state index in [9.17, 15) is 0 Å². The largest absolute Gasteiger partial charge is 0.494 e. The van der Waals surface area contributed by atoms with Gasteiger partial charge in [-0.25, -0.2) is 10.9 Å². The Hall–Kier alpha value is -1.84. The van der Waals surface area contributed by atoms with Gasteiger partial charge in [0.2, 0.25) is 0 Å². The van der Waals surface area contributed by atoms with E-state index in [0.29, 0.717) is 18.7 Å². The number of nitrogens with one attached hydrogen (secondary N) is 2. The molecule has 2 unspecified atom stereocenters. The highest BCUT2D eigenvalue weighted by Crippen LogP contribution is 2.31. The van der Waals surface area contributed by atoms with Crippen LogP contribution in [0.1, 0.15) is 36.6 Å². The van der Waals surface area contributed by atoms with Crippen molar-refractivity contribution in [3.8, 4) is 5.75 Å². The summed E-state index contributed by atoms with van der Waals surface area (Å²) < 4.78 is 5.48. The van der Waals surface area contributed by atoms with Crippen molar-refractivity contribution in [2.45, 2.75) is 25.4 Å². The molecule has 1 aliphatic rings. The Labute approximate surface area is 119 Å². The van der Waals surface area contributed by atoms with E-state index in [1.54, 1.807) is 0 Å². The molecule has 2 aromatic rings. The summed E-state index contributed by atoms with van der Waals surface area (Å²) in [5.41, 5.74) is 9.38. The normalized spacial score (nSPS) is 21.9. The molecule has 0 aliphatic carbocycles. The quantitative estimate of drug-likeness (QED) is 0.892. The summed E-state index contributed by atoms with van der Waals surface area (Å²) in [4.78, 5) is 0. The molecule has 1 aliphatic heterocycles. The van der Waals surface area contributed by atoms with Gasteiger partial charge in [-0.1, -0.05) is 42.5 Å². The van der Waals surface area contributed by atoms with E-state index in [0.717, 1.165) is 12.2 Å². The first-order valence-corrected chi connectivity index (χ1v) is 7.15. The van der Waals surface area contributed by atoms with E-state index in [-0.39, 0.29) is 0 Å². The second-order valence-electron chi connectivity index (χ2n) is 5.04. The van der Waals surface area contributed by atoms with E-state index < -0.39 is 0 Å². The average Bonchev–Trinajstić information content (AvgIpc) is 2.99. The number of hydrazine groups is 1. The third-order valence-electron chi connectivity index (χ3n) is 3.70. The van der Waals surface area contributed by atoms with Gasteiger partial charge in [0.05, 0.1) is 6.61 Å². The van der Waals surface area contributed by atoms with Crippen LogP contribution in [0.3, 0.4) is 0 Å². The van der Waals surface area contributed by atoms with Crippen LogP contribution in [0.25, 0.3) is 0 Å². The molecule has 1 heterocycles. The maximum atomic E-state index is 5.48. The fourth-order valence-corrected chi connectivity index (χ4v) is 2.64. The predicted molar refractivity (Wildman–Crippen MR) is 80.4 cm³/mol. The fourth-order valence-electron chi connectivity index (χ4n) is 2.64. The van der Waals surface area contributed by atoms with Gasteiger partial charge in [-0.15, -0.1) is 0 Å². The predicted octanol–water partition coefficient (Wildman–Crippen LogP) is 3.37. The molecule has 1 saturated heterocycles. The molecule has 2 N–H and O–H groups in total. The topological polar surface area (TPSA) is 33.3 Å². The minimum atomic E-state index is 0.343. The molecule has 1 fully saturated rings. The standard InChI is InChI=1S/C17H20N2O/c1-2-20-15-10-8-14(9-11-15)17-12-16(18-19-17)13-6-4-3-5-7-13/h3-11,16-19H,2,12H2,1H3. The number of hydrogen-bond donors (Lipinski definition) is 2. The summed E-state index contributed by atoms with van der Waals surface area (Å²) in [6.45, 7) is 2.71. The van der Waals surface area contributed by atoms with Gasteiger partial charge in [-0.05, 0) is 36.6 Å². The highest BCUT2D eigenvalue weighted by atomic mass is 16.5. The van der Waals surface area contributed by atoms with Crippen molar-refractivity contribution in [1.29, 1.82) is 0 Å². The van der Waals surface area contributed by atoms with Crippen LogP contribution in [-0.2, 0) is 0 Å². The minimum absolute atomic E-state index is 0.343. The molecule has 20 heavy (non-hydrogen) atoms. The first kappa shape index (κ1) is 13.2. The maximum absolute atomic E-state index is 5.48. The van der Waals surface area contributed by atoms with Gasteiger partial charge in [0.25, 0.3) is 0 Å². The Balaban J connectivity index is 1.67. The lowest BCUT2D eigenvalue weighted by Crippen LogP contribution is -2.26. The van der Waals surface area contributed by atoms with Crippen LogP contribution in [0.15, 0.2) is 54.6 Å².